The van der Waals surface area contributed by atoms with E-state index in [4.69, 9.17) is 0 Å². The van der Waals surface area contributed by atoms with Crippen molar-refractivity contribution in [3.8, 4) is 0 Å². The Hall–Kier alpha value is -1.66. The number of esters is 1. The Morgan fingerprint density at radius 1 is 1.50 bits per heavy atom. The van der Waals surface area contributed by atoms with Crippen molar-refractivity contribution in [2.24, 2.45) is 0 Å². The Balaban J connectivity index is 3.19. The van der Waals surface area contributed by atoms with Gasteiger partial charge in [0, 0.05) is 6.20 Å². The average Bonchev–Trinajstić information content (AvgIpc) is 2.16. The smallest absolute Gasteiger partial charge is 0.436 e. The lowest BCUT2D eigenvalue weighted by atomic mass is 10.2. The summed E-state index contributed by atoms with van der Waals surface area (Å²) in [4.78, 5) is 13.9. The van der Waals surface area contributed by atoms with Gasteiger partial charge in [0.2, 0.25) is 0 Å². The summed E-state index contributed by atoms with van der Waals surface area (Å²) < 4.78 is 54.3. The van der Waals surface area contributed by atoms with Gasteiger partial charge >= 0.3 is 12.1 Å². The number of aromatic nitrogens is 1. The highest BCUT2D eigenvalue weighted by atomic mass is 19.4. The number of carbonyl (C=O) groups excluding carboxylic acids is 1. The van der Waals surface area contributed by atoms with Crippen molar-refractivity contribution in [1.29, 1.82) is 0 Å². The first-order valence-corrected chi connectivity index (χ1v) is 4.26. The molecule has 0 spiro atoms. The SMILES string of the molecule is CCOC(=O)c1ccnc(C(F)(F)F)c1F. The number of halogens is 4. The van der Waals surface area contributed by atoms with Crippen LogP contribution in [0.4, 0.5) is 17.6 Å². The first-order valence-electron chi connectivity index (χ1n) is 4.26. The van der Waals surface area contributed by atoms with Crippen LogP contribution in [0.3, 0.4) is 0 Å². The van der Waals surface area contributed by atoms with Crippen molar-refractivity contribution in [3.63, 3.8) is 0 Å². The first kappa shape index (κ1) is 12.4. The second-order valence-corrected chi connectivity index (χ2v) is 2.74. The summed E-state index contributed by atoms with van der Waals surface area (Å²) >= 11 is 0. The van der Waals surface area contributed by atoms with E-state index in [9.17, 15) is 22.4 Å². The van der Waals surface area contributed by atoms with Crippen LogP contribution in [-0.2, 0) is 10.9 Å². The number of nitrogens with zero attached hydrogens (tertiary/aromatic N) is 1. The van der Waals surface area contributed by atoms with E-state index in [-0.39, 0.29) is 6.61 Å². The van der Waals surface area contributed by atoms with Crippen LogP contribution in [0.15, 0.2) is 12.3 Å². The van der Waals surface area contributed by atoms with Crippen molar-refractivity contribution < 1.29 is 27.1 Å². The normalized spacial score (nSPS) is 11.3. The molecule has 0 saturated heterocycles. The van der Waals surface area contributed by atoms with Crippen LogP contribution < -0.4 is 0 Å². The molecule has 0 aliphatic carbocycles. The maximum absolute atomic E-state index is 13.3. The molecule has 0 unspecified atom stereocenters. The topological polar surface area (TPSA) is 39.2 Å². The predicted octanol–water partition coefficient (Wildman–Crippen LogP) is 2.42. The van der Waals surface area contributed by atoms with Crippen LogP contribution in [0.5, 0.6) is 0 Å². The largest absolute Gasteiger partial charge is 0.462 e. The van der Waals surface area contributed by atoms with E-state index in [1.165, 1.54) is 6.92 Å². The van der Waals surface area contributed by atoms with Crippen LogP contribution in [0.25, 0.3) is 0 Å². The molecular formula is C9H7F4NO2. The fraction of sp³-hybridized carbons (Fsp3) is 0.333. The van der Waals surface area contributed by atoms with Crippen molar-refractivity contribution in [1.82, 2.24) is 4.98 Å². The van der Waals surface area contributed by atoms with E-state index in [0.717, 1.165) is 6.07 Å². The number of alkyl halides is 3. The third kappa shape index (κ3) is 2.47. The Morgan fingerprint density at radius 3 is 2.62 bits per heavy atom. The van der Waals surface area contributed by atoms with Gasteiger partial charge < -0.3 is 4.74 Å². The van der Waals surface area contributed by atoms with Gasteiger partial charge in [0.1, 0.15) is 0 Å². The maximum atomic E-state index is 13.3. The van der Waals surface area contributed by atoms with E-state index in [1.54, 1.807) is 0 Å². The molecule has 1 aromatic heterocycles. The summed E-state index contributed by atoms with van der Waals surface area (Å²) in [5.74, 6) is -2.86. The zero-order valence-corrected chi connectivity index (χ0v) is 8.14. The van der Waals surface area contributed by atoms with Gasteiger partial charge in [-0.15, -0.1) is 0 Å². The molecule has 0 fully saturated rings. The standard InChI is InChI=1S/C9H7F4NO2/c1-2-16-8(15)5-3-4-14-7(6(5)10)9(11,12)13/h3-4H,2H2,1H3. The molecule has 0 aromatic carbocycles. The first-order chi connectivity index (χ1) is 7.38. The van der Waals surface area contributed by atoms with E-state index in [0.29, 0.717) is 6.20 Å². The summed E-state index contributed by atoms with van der Waals surface area (Å²) in [5, 5.41) is 0. The van der Waals surface area contributed by atoms with Crippen LogP contribution in [0.1, 0.15) is 23.0 Å². The number of ether oxygens (including phenoxy) is 1. The molecule has 1 rings (SSSR count). The zero-order valence-electron chi connectivity index (χ0n) is 8.14. The van der Waals surface area contributed by atoms with E-state index in [2.05, 4.69) is 9.72 Å². The molecule has 0 bridgehead atoms. The second kappa shape index (κ2) is 4.46. The minimum absolute atomic E-state index is 0.0536. The van der Waals surface area contributed by atoms with Gasteiger partial charge in [0.15, 0.2) is 11.5 Å². The summed E-state index contributed by atoms with van der Waals surface area (Å²) in [6.45, 7) is 1.41. The molecular weight excluding hydrogens is 230 g/mol. The summed E-state index contributed by atoms with van der Waals surface area (Å²) in [7, 11) is 0. The number of rotatable bonds is 2. The monoisotopic (exact) mass is 237 g/mol. The molecule has 0 aliphatic rings. The molecule has 3 nitrogen and oxygen atoms in total. The molecule has 0 aliphatic heterocycles. The fourth-order valence-corrected chi connectivity index (χ4v) is 1.01. The summed E-state index contributed by atoms with van der Waals surface area (Å²) in [6, 6.07) is 0.836. The van der Waals surface area contributed by atoms with Crippen LogP contribution in [0, 0.1) is 5.82 Å². The summed E-state index contributed by atoms with van der Waals surface area (Å²) in [5.41, 5.74) is -2.50. The van der Waals surface area contributed by atoms with Crippen molar-refractivity contribution in [2.75, 3.05) is 6.61 Å². The second-order valence-electron chi connectivity index (χ2n) is 2.74. The van der Waals surface area contributed by atoms with Gasteiger partial charge in [-0.25, -0.2) is 14.2 Å². The van der Waals surface area contributed by atoms with Gasteiger partial charge in [-0.2, -0.15) is 13.2 Å². The van der Waals surface area contributed by atoms with Gasteiger partial charge in [-0.05, 0) is 13.0 Å². The quantitative estimate of drug-likeness (QED) is 0.585. The Morgan fingerprint density at radius 2 is 2.12 bits per heavy atom. The van der Waals surface area contributed by atoms with E-state index < -0.39 is 29.2 Å². The highest BCUT2D eigenvalue weighted by Gasteiger charge is 2.37. The Kier molecular flexibility index (Phi) is 3.46. The lowest BCUT2D eigenvalue weighted by Crippen LogP contribution is -2.16. The number of hydrogen-bond acceptors (Lipinski definition) is 3. The van der Waals surface area contributed by atoms with E-state index in [1.807, 2.05) is 0 Å². The predicted molar refractivity (Wildman–Crippen MR) is 45.2 cm³/mol. The lowest BCUT2D eigenvalue weighted by molar-refractivity contribution is -0.143. The third-order valence-electron chi connectivity index (χ3n) is 1.65. The third-order valence-corrected chi connectivity index (χ3v) is 1.65. The van der Waals surface area contributed by atoms with Crippen LogP contribution >= 0.6 is 0 Å². The number of carbonyl (C=O) groups is 1. The molecule has 0 saturated carbocycles. The molecule has 0 atom stereocenters. The van der Waals surface area contributed by atoms with E-state index >= 15 is 0 Å². The number of hydrogen-bond donors (Lipinski definition) is 0. The molecule has 88 valence electrons. The Labute approximate surface area is 88.0 Å². The molecule has 16 heavy (non-hydrogen) atoms. The van der Waals surface area contributed by atoms with Crippen molar-refractivity contribution in [2.45, 2.75) is 13.1 Å². The molecule has 0 amide bonds. The van der Waals surface area contributed by atoms with Crippen molar-refractivity contribution >= 4 is 5.97 Å². The molecule has 0 N–H and O–H groups in total. The zero-order chi connectivity index (χ0) is 12.3. The highest BCUT2D eigenvalue weighted by Crippen LogP contribution is 2.30. The minimum Gasteiger partial charge on any atom is -0.462 e. The van der Waals surface area contributed by atoms with Gasteiger partial charge in [0.25, 0.3) is 0 Å². The summed E-state index contributed by atoms with van der Waals surface area (Å²) in [6.07, 6.45) is -4.23. The molecule has 0 radical (unpaired) electrons. The maximum Gasteiger partial charge on any atom is 0.436 e. The lowest BCUT2D eigenvalue weighted by Gasteiger charge is -2.09. The fourth-order valence-electron chi connectivity index (χ4n) is 1.01. The molecule has 7 heteroatoms. The average molecular weight is 237 g/mol. The van der Waals surface area contributed by atoms with Crippen molar-refractivity contribution in [3.05, 3.63) is 29.3 Å². The minimum atomic E-state index is -4.94. The van der Waals surface area contributed by atoms with Gasteiger partial charge in [-0.3, -0.25) is 0 Å². The van der Waals surface area contributed by atoms with Gasteiger partial charge in [-0.1, -0.05) is 0 Å². The number of pyridine rings is 1. The highest BCUT2D eigenvalue weighted by molar-refractivity contribution is 5.89. The molecule has 1 heterocycles. The Bertz CT molecular complexity index is 403. The molecule has 1 aromatic rings. The van der Waals surface area contributed by atoms with Crippen LogP contribution in [0.2, 0.25) is 0 Å². The van der Waals surface area contributed by atoms with Crippen LogP contribution in [-0.4, -0.2) is 17.6 Å². The van der Waals surface area contributed by atoms with Gasteiger partial charge in [0.05, 0.1) is 12.2 Å².